The SMILES string of the molecule is CCOc1ccc(C=CC(=O)NC(C)c2ccc(NC(N)=O)cc2)cc1. The molecule has 6 nitrogen and oxygen atoms in total. The lowest BCUT2D eigenvalue weighted by Gasteiger charge is -2.13. The standard InChI is InChI=1S/C20H23N3O3/c1-3-26-18-11-4-15(5-12-18)6-13-19(24)22-14(2)16-7-9-17(10-8-16)23-20(21)25/h4-14H,3H2,1-2H3,(H,22,24)(H3,21,23,25). The van der Waals surface area contributed by atoms with E-state index in [0.717, 1.165) is 16.9 Å². The number of hydrogen-bond donors (Lipinski definition) is 3. The molecule has 3 amide bonds. The van der Waals surface area contributed by atoms with Crippen LogP contribution in [-0.4, -0.2) is 18.5 Å². The molecule has 0 aromatic heterocycles. The van der Waals surface area contributed by atoms with Gasteiger partial charge in [0.05, 0.1) is 12.6 Å². The van der Waals surface area contributed by atoms with Gasteiger partial charge in [0.25, 0.3) is 0 Å². The van der Waals surface area contributed by atoms with Crippen molar-refractivity contribution >= 4 is 23.7 Å². The third-order valence-electron chi connectivity index (χ3n) is 3.66. The first-order valence-electron chi connectivity index (χ1n) is 8.35. The first-order chi connectivity index (χ1) is 12.5. The molecule has 0 bridgehead atoms. The van der Waals surface area contributed by atoms with Gasteiger partial charge in [0, 0.05) is 11.8 Å². The van der Waals surface area contributed by atoms with Gasteiger partial charge in [-0.2, -0.15) is 0 Å². The molecular weight excluding hydrogens is 330 g/mol. The number of amides is 3. The molecule has 26 heavy (non-hydrogen) atoms. The highest BCUT2D eigenvalue weighted by Crippen LogP contribution is 2.16. The zero-order valence-electron chi connectivity index (χ0n) is 14.9. The average molecular weight is 353 g/mol. The van der Waals surface area contributed by atoms with Crippen molar-refractivity contribution in [2.75, 3.05) is 11.9 Å². The molecule has 0 saturated heterocycles. The molecule has 1 unspecified atom stereocenters. The molecule has 0 radical (unpaired) electrons. The van der Waals surface area contributed by atoms with Gasteiger partial charge < -0.3 is 21.1 Å². The van der Waals surface area contributed by atoms with Crippen molar-refractivity contribution < 1.29 is 14.3 Å². The Morgan fingerprint density at radius 1 is 1.12 bits per heavy atom. The highest BCUT2D eigenvalue weighted by atomic mass is 16.5. The Morgan fingerprint density at radius 2 is 1.77 bits per heavy atom. The number of hydrogen-bond acceptors (Lipinski definition) is 3. The zero-order valence-corrected chi connectivity index (χ0v) is 14.9. The fraction of sp³-hybridized carbons (Fsp3) is 0.200. The number of anilines is 1. The van der Waals surface area contributed by atoms with Gasteiger partial charge in [-0.25, -0.2) is 4.79 Å². The Labute approximate surface area is 153 Å². The van der Waals surface area contributed by atoms with E-state index in [1.165, 1.54) is 6.08 Å². The fourth-order valence-electron chi connectivity index (χ4n) is 2.36. The van der Waals surface area contributed by atoms with E-state index in [0.29, 0.717) is 12.3 Å². The van der Waals surface area contributed by atoms with Gasteiger partial charge in [-0.3, -0.25) is 4.79 Å². The van der Waals surface area contributed by atoms with Crippen molar-refractivity contribution in [3.8, 4) is 5.75 Å². The monoisotopic (exact) mass is 353 g/mol. The van der Waals surface area contributed by atoms with Gasteiger partial charge >= 0.3 is 6.03 Å². The van der Waals surface area contributed by atoms with Crippen LogP contribution in [0.1, 0.15) is 31.0 Å². The van der Waals surface area contributed by atoms with E-state index in [2.05, 4.69) is 10.6 Å². The normalized spacial score (nSPS) is 11.8. The molecule has 2 rings (SSSR count). The predicted molar refractivity (Wildman–Crippen MR) is 103 cm³/mol. The summed E-state index contributed by atoms with van der Waals surface area (Å²) < 4.78 is 5.38. The summed E-state index contributed by atoms with van der Waals surface area (Å²) in [6, 6.07) is 13.9. The minimum atomic E-state index is -0.612. The van der Waals surface area contributed by atoms with Crippen LogP contribution < -0.4 is 21.1 Å². The van der Waals surface area contributed by atoms with Gasteiger partial charge in [-0.15, -0.1) is 0 Å². The van der Waals surface area contributed by atoms with Crippen LogP contribution in [0, 0.1) is 0 Å². The van der Waals surface area contributed by atoms with Gasteiger partial charge in [-0.05, 0) is 55.3 Å². The molecule has 2 aromatic rings. The maximum atomic E-state index is 12.1. The molecule has 0 aliphatic rings. The van der Waals surface area contributed by atoms with E-state index < -0.39 is 6.03 Å². The topological polar surface area (TPSA) is 93.4 Å². The number of nitrogens with one attached hydrogen (secondary N) is 2. The summed E-state index contributed by atoms with van der Waals surface area (Å²) in [5, 5.41) is 5.39. The highest BCUT2D eigenvalue weighted by Gasteiger charge is 2.07. The van der Waals surface area contributed by atoms with Crippen LogP contribution in [0.2, 0.25) is 0 Å². The lowest BCUT2D eigenvalue weighted by molar-refractivity contribution is -0.117. The minimum Gasteiger partial charge on any atom is -0.494 e. The van der Waals surface area contributed by atoms with Crippen molar-refractivity contribution in [1.29, 1.82) is 0 Å². The van der Waals surface area contributed by atoms with Crippen LogP contribution >= 0.6 is 0 Å². The first kappa shape index (κ1) is 19.1. The van der Waals surface area contributed by atoms with Gasteiger partial charge in [0.1, 0.15) is 5.75 Å². The molecule has 0 heterocycles. The van der Waals surface area contributed by atoms with Gasteiger partial charge in [0.15, 0.2) is 0 Å². The van der Waals surface area contributed by atoms with Crippen LogP contribution in [-0.2, 0) is 4.79 Å². The van der Waals surface area contributed by atoms with E-state index in [4.69, 9.17) is 10.5 Å². The summed E-state index contributed by atoms with van der Waals surface area (Å²) in [5.74, 6) is 0.614. The Balaban J connectivity index is 1.90. The highest BCUT2D eigenvalue weighted by molar-refractivity contribution is 5.92. The maximum Gasteiger partial charge on any atom is 0.316 e. The summed E-state index contributed by atoms with van der Waals surface area (Å²) >= 11 is 0. The third-order valence-corrected chi connectivity index (χ3v) is 3.66. The van der Waals surface area contributed by atoms with E-state index in [9.17, 15) is 9.59 Å². The summed E-state index contributed by atoms with van der Waals surface area (Å²) in [4.78, 5) is 22.9. The average Bonchev–Trinajstić information content (AvgIpc) is 2.61. The first-order valence-corrected chi connectivity index (χ1v) is 8.35. The van der Waals surface area contributed by atoms with Crippen LogP contribution in [0.15, 0.2) is 54.6 Å². The summed E-state index contributed by atoms with van der Waals surface area (Å²) in [5.41, 5.74) is 7.51. The number of carbonyl (C=O) groups is 2. The Kier molecular flexibility index (Phi) is 6.79. The van der Waals surface area contributed by atoms with E-state index in [-0.39, 0.29) is 11.9 Å². The second-order valence-corrected chi connectivity index (χ2v) is 5.68. The molecule has 4 N–H and O–H groups in total. The van der Waals surface area contributed by atoms with Gasteiger partial charge in [-0.1, -0.05) is 24.3 Å². The lowest BCUT2D eigenvalue weighted by Crippen LogP contribution is -2.24. The smallest absolute Gasteiger partial charge is 0.316 e. The number of nitrogens with two attached hydrogens (primary N) is 1. The van der Waals surface area contributed by atoms with Gasteiger partial charge in [0.2, 0.25) is 5.91 Å². The van der Waals surface area contributed by atoms with E-state index in [1.54, 1.807) is 18.2 Å². The summed E-state index contributed by atoms with van der Waals surface area (Å²) in [6.07, 6.45) is 3.24. The van der Waals surface area contributed by atoms with Crippen LogP contribution in [0.4, 0.5) is 10.5 Å². The molecule has 0 fully saturated rings. The largest absolute Gasteiger partial charge is 0.494 e. The lowest BCUT2D eigenvalue weighted by atomic mass is 10.1. The number of rotatable bonds is 7. The van der Waals surface area contributed by atoms with E-state index >= 15 is 0 Å². The number of carbonyl (C=O) groups excluding carboxylic acids is 2. The quantitative estimate of drug-likeness (QED) is 0.665. The zero-order chi connectivity index (χ0) is 18.9. The third kappa shape index (κ3) is 5.98. The van der Waals surface area contributed by atoms with Crippen molar-refractivity contribution in [2.45, 2.75) is 19.9 Å². The fourth-order valence-corrected chi connectivity index (χ4v) is 2.36. The number of ether oxygens (including phenoxy) is 1. The Morgan fingerprint density at radius 3 is 2.35 bits per heavy atom. The molecule has 1 atom stereocenters. The number of urea groups is 1. The van der Waals surface area contributed by atoms with Crippen LogP contribution in [0.5, 0.6) is 5.75 Å². The molecule has 0 spiro atoms. The van der Waals surface area contributed by atoms with Crippen molar-refractivity contribution in [3.63, 3.8) is 0 Å². The van der Waals surface area contributed by atoms with Crippen molar-refractivity contribution in [2.24, 2.45) is 5.73 Å². The second-order valence-electron chi connectivity index (χ2n) is 5.68. The number of benzene rings is 2. The molecule has 0 aliphatic carbocycles. The molecular formula is C20H23N3O3. The second kappa shape index (κ2) is 9.27. The van der Waals surface area contributed by atoms with Crippen molar-refractivity contribution in [3.05, 3.63) is 65.7 Å². The minimum absolute atomic E-state index is 0.171. The Hall–Kier alpha value is -3.28. The molecule has 6 heteroatoms. The summed E-state index contributed by atoms with van der Waals surface area (Å²) in [7, 11) is 0. The van der Waals surface area contributed by atoms with Crippen LogP contribution in [0.25, 0.3) is 6.08 Å². The van der Waals surface area contributed by atoms with Crippen molar-refractivity contribution in [1.82, 2.24) is 5.32 Å². The predicted octanol–water partition coefficient (Wildman–Crippen LogP) is 3.47. The molecule has 0 saturated carbocycles. The summed E-state index contributed by atoms with van der Waals surface area (Å²) in [6.45, 7) is 4.44. The molecule has 2 aromatic carbocycles. The van der Waals surface area contributed by atoms with Crippen LogP contribution in [0.3, 0.4) is 0 Å². The molecule has 0 aliphatic heterocycles. The molecule has 136 valence electrons. The Bertz CT molecular complexity index is 768. The number of primary amides is 1. The van der Waals surface area contributed by atoms with E-state index in [1.807, 2.05) is 50.2 Å². The maximum absolute atomic E-state index is 12.1.